The van der Waals surface area contributed by atoms with Gasteiger partial charge < -0.3 is 10.2 Å². The van der Waals surface area contributed by atoms with Crippen molar-refractivity contribution in [3.8, 4) is 0 Å². The van der Waals surface area contributed by atoms with Crippen LogP contribution in [0.25, 0.3) is 0 Å². The Kier molecular flexibility index (Phi) is 8.05. The van der Waals surface area contributed by atoms with Gasteiger partial charge in [-0.3, -0.25) is 4.79 Å². The highest BCUT2D eigenvalue weighted by Crippen LogP contribution is 2.24. The number of thioether (sulfide) groups is 1. The fourth-order valence-electron chi connectivity index (χ4n) is 1.76. The largest absolute Gasteiger partial charge is 0.414 e. The van der Waals surface area contributed by atoms with Gasteiger partial charge >= 0.3 is 0 Å². The van der Waals surface area contributed by atoms with Gasteiger partial charge in [0.25, 0.3) is 5.22 Å². The first-order valence-corrected chi connectivity index (χ1v) is 8.38. The van der Waals surface area contributed by atoms with Gasteiger partial charge in [-0.1, -0.05) is 43.6 Å². The Morgan fingerprint density at radius 2 is 2.00 bits per heavy atom. The van der Waals surface area contributed by atoms with Gasteiger partial charge in [-0.2, -0.15) is 0 Å². The lowest BCUT2D eigenvalue weighted by atomic mass is 10.0. The number of halogens is 2. The molecule has 0 saturated carbocycles. The normalized spacial score (nSPS) is 13.2. The first-order chi connectivity index (χ1) is 10.5. The molecule has 8 heteroatoms. The second kappa shape index (κ2) is 9.27. The van der Waals surface area contributed by atoms with Crippen LogP contribution in [0.5, 0.6) is 0 Å². The van der Waals surface area contributed by atoms with E-state index in [-0.39, 0.29) is 35.9 Å². The summed E-state index contributed by atoms with van der Waals surface area (Å²) in [5.41, 5.74) is 6.64. The standard InChI is InChI=1S/C15H18ClN3O2S.ClH/c1-3-9(2)13(17)14-18-19-15(21-14)22-8-12(20)10-4-6-11(16)7-5-10;/h4-7,9,13H,3,8,17H2,1-2H3;1H/t9?,13-;/m0./s1. The number of carbonyl (C=O) groups excluding carboxylic acids is 1. The number of ketones is 1. The number of benzene rings is 1. The van der Waals surface area contributed by atoms with Gasteiger partial charge in [-0.05, 0) is 30.2 Å². The maximum absolute atomic E-state index is 12.0. The van der Waals surface area contributed by atoms with Crippen LogP contribution < -0.4 is 5.73 Å². The lowest BCUT2D eigenvalue weighted by Crippen LogP contribution is -2.18. The Morgan fingerprint density at radius 3 is 2.61 bits per heavy atom. The third kappa shape index (κ3) is 5.49. The zero-order valence-corrected chi connectivity index (χ0v) is 15.2. The maximum Gasteiger partial charge on any atom is 0.277 e. The Morgan fingerprint density at radius 1 is 1.35 bits per heavy atom. The molecule has 0 aliphatic heterocycles. The molecule has 1 aromatic heterocycles. The highest BCUT2D eigenvalue weighted by Gasteiger charge is 2.20. The molecule has 0 saturated heterocycles. The van der Waals surface area contributed by atoms with Crippen molar-refractivity contribution >= 4 is 41.6 Å². The zero-order valence-electron chi connectivity index (χ0n) is 12.9. The van der Waals surface area contributed by atoms with Crippen LogP contribution in [0.4, 0.5) is 0 Å². The van der Waals surface area contributed by atoms with Gasteiger partial charge in [0.15, 0.2) is 5.78 Å². The zero-order chi connectivity index (χ0) is 16.1. The summed E-state index contributed by atoms with van der Waals surface area (Å²) in [6.07, 6.45) is 0.932. The molecular formula is C15H19Cl2N3O2S. The van der Waals surface area contributed by atoms with Crippen molar-refractivity contribution in [2.24, 2.45) is 11.7 Å². The summed E-state index contributed by atoms with van der Waals surface area (Å²) in [6.45, 7) is 4.09. The highest BCUT2D eigenvalue weighted by atomic mass is 35.5. The van der Waals surface area contributed by atoms with E-state index in [1.807, 2.05) is 6.92 Å². The van der Waals surface area contributed by atoms with Crippen LogP contribution in [0.3, 0.4) is 0 Å². The fourth-order valence-corrected chi connectivity index (χ4v) is 2.55. The third-order valence-corrected chi connectivity index (χ3v) is 4.53. The van der Waals surface area contributed by atoms with Gasteiger partial charge in [-0.15, -0.1) is 22.6 Å². The molecule has 0 amide bonds. The molecule has 23 heavy (non-hydrogen) atoms. The van der Waals surface area contributed by atoms with Crippen molar-refractivity contribution in [2.75, 3.05) is 5.75 Å². The van der Waals surface area contributed by atoms with E-state index < -0.39 is 0 Å². The number of carbonyl (C=O) groups is 1. The van der Waals surface area contributed by atoms with E-state index >= 15 is 0 Å². The van der Waals surface area contributed by atoms with Gasteiger partial charge in [0.2, 0.25) is 5.89 Å². The number of nitrogens with two attached hydrogens (primary N) is 1. The van der Waals surface area contributed by atoms with E-state index in [0.29, 0.717) is 21.7 Å². The monoisotopic (exact) mass is 375 g/mol. The quantitative estimate of drug-likeness (QED) is 0.577. The van der Waals surface area contributed by atoms with Crippen molar-refractivity contribution in [2.45, 2.75) is 31.5 Å². The molecule has 0 spiro atoms. The van der Waals surface area contributed by atoms with E-state index in [4.69, 9.17) is 21.8 Å². The topological polar surface area (TPSA) is 82.0 Å². The average molecular weight is 376 g/mol. The van der Waals surface area contributed by atoms with Crippen LogP contribution in [0.1, 0.15) is 42.6 Å². The van der Waals surface area contributed by atoms with E-state index in [2.05, 4.69) is 17.1 Å². The van der Waals surface area contributed by atoms with Crippen LogP contribution in [0, 0.1) is 5.92 Å². The molecule has 1 aromatic carbocycles. The molecule has 126 valence electrons. The summed E-state index contributed by atoms with van der Waals surface area (Å²) in [5.74, 6) is 0.874. The minimum Gasteiger partial charge on any atom is -0.414 e. The summed E-state index contributed by atoms with van der Waals surface area (Å²) in [7, 11) is 0. The summed E-state index contributed by atoms with van der Waals surface area (Å²) in [4.78, 5) is 12.0. The SMILES string of the molecule is CCC(C)[C@H](N)c1nnc(SCC(=O)c2ccc(Cl)cc2)o1.Cl. The number of hydrogen-bond donors (Lipinski definition) is 1. The molecule has 2 atom stereocenters. The molecule has 2 rings (SSSR count). The van der Waals surface area contributed by atoms with Crippen LogP contribution >= 0.6 is 35.8 Å². The van der Waals surface area contributed by atoms with Gasteiger partial charge in [-0.25, -0.2) is 0 Å². The summed E-state index contributed by atoms with van der Waals surface area (Å²) >= 11 is 7.00. The van der Waals surface area contributed by atoms with Crippen molar-refractivity contribution in [1.82, 2.24) is 10.2 Å². The Labute approximate surface area is 150 Å². The molecule has 2 aromatic rings. The number of Topliss-reactive ketones (excluding diaryl/α,β-unsaturated/α-hetero) is 1. The smallest absolute Gasteiger partial charge is 0.277 e. The third-order valence-electron chi connectivity index (χ3n) is 3.46. The van der Waals surface area contributed by atoms with E-state index in [1.54, 1.807) is 24.3 Å². The molecule has 2 N–H and O–H groups in total. The molecule has 0 bridgehead atoms. The second-order valence-corrected chi connectivity index (χ2v) is 6.40. The minimum atomic E-state index is -0.279. The minimum absolute atomic E-state index is 0. The molecule has 0 aliphatic rings. The van der Waals surface area contributed by atoms with Crippen molar-refractivity contribution < 1.29 is 9.21 Å². The maximum atomic E-state index is 12.0. The Bertz CT molecular complexity index is 634. The fraction of sp³-hybridized carbons (Fsp3) is 0.400. The molecule has 0 fully saturated rings. The first-order valence-electron chi connectivity index (χ1n) is 7.01. The summed E-state index contributed by atoms with van der Waals surface area (Å²) < 4.78 is 5.52. The second-order valence-electron chi connectivity index (χ2n) is 5.04. The van der Waals surface area contributed by atoms with Crippen LogP contribution in [0.15, 0.2) is 33.9 Å². The number of hydrogen-bond acceptors (Lipinski definition) is 6. The van der Waals surface area contributed by atoms with Crippen molar-refractivity contribution in [3.05, 3.63) is 40.7 Å². The highest BCUT2D eigenvalue weighted by molar-refractivity contribution is 7.99. The molecule has 0 radical (unpaired) electrons. The van der Waals surface area contributed by atoms with Crippen molar-refractivity contribution in [3.63, 3.8) is 0 Å². The van der Waals surface area contributed by atoms with Gasteiger partial charge in [0.05, 0.1) is 11.8 Å². The predicted molar refractivity (Wildman–Crippen MR) is 94.4 cm³/mol. The summed E-state index contributed by atoms with van der Waals surface area (Å²) in [5, 5.41) is 8.84. The Balaban J connectivity index is 0.00000264. The molecule has 1 unspecified atom stereocenters. The number of rotatable bonds is 7. The van der Waals surface area contributed by atoms with E-state index in [0.717, 1.165) is 6.42 Å². The predicted octanol–water partition coefficient (Wildman–Crippen LogP) is 4.17. The van der Waals surface area contributed by atoms with Crippen LogP contribution in [0.2, 0.25) is 5.02 Å². The first kappa shape index (κ1) is 20.0. The number of nitrogens with zero attached hydrogens (tertiary/aromatic N) is 2. The van der Waals surface area contributed by atoms with Gasteiger partial charge in [0.1, 0.15) is 0 Å². The van der Waals surface area contributed by atoms with Crippen LogP contribution in [-0.2, 0) is 0 Å². The van der Waals surface area contributed by atoms with Gasteiger partial charge in [0, 0.05) is 10.6 Å². The number of aromatic nitrogens is 2. The van der Waals surface area contributed by atoms with E-state index in [9.17, 15) is 4.79 Å². The summed E-state index contributed by atoms with van der Waals surface area (Å²) in [6, 6.07) is 6.50. The molecular weight excluding hydrogens is 357 g/mol. The molecule has 0 aliphatic carbocycles. The van der Waals surface area contributed by atoms with Crippen molar-refractivity contribution in [1.29, 1.82) is 0 Å². The average Bonchev–Trinajstić information content (AvgIpc) is 3.00. The van der Waals surface area contributed by atoms with E-state index in [1.165, 1.54) is 11.8 Å². The molecule has 5 nitrogen and oxygen atoms in total. The lowest BCUT2D eigenvalue weighted by Gasteiger charge is -2.13. The Hall–Kier alpha value is -1.08. The molecule has 1 heterocycles. The van der Waals surface area contributed by atoms with Crippen LogP contribution in [-0.4, -0.2) is 21.7 Å². The lowest BCUT2D eigenvalue weighted by molar-refractivity contribution is 0.102.